The van der Waals surface area contributed by atoms with Crippen LogP contribution in [0.3, 0.4) is 0 Å². The number of likely N-dealkylation sites (N-methyl/N-ethyl adjacent to an activating group) is 1. The lowest BCUT2D eigenvalue weighted by Crippen LogP contribution is -2.35. The molecule has 0 atom stereocenters. The minimum atomic E-state index is -0.249. The van der Waals surface area contributed by atoms with Crippen LogP contribution >= 0.6 is 0 Å². The van der Waals surface area contributed by atoms with Crippen molar-refractivity contribution < 1.29 is 0 Å². The van der Waals surface area contributed by atoms with Crippen LogP contribution in [0.4, 0.5) is 5.82 Å². The number of rotatable bonds is 6. The largest absolute Gasteiger partial charge is 0.355 e. The summed E-state index contributed by atoms with van der Waals surface area (Å²) in [4.78, 5) is 18.3. The summed E-state index contributed by atoms with van der Waals surface area (Å²) in [5.41, 5.74) is 0.355. The molecule has 0 aromatic carbocycles. The number of aromatic amines is 1. The maximum atomic E-state index is 11.6. The molecule has 0 aliphatic carbocycles. The Morgan fingerprint density at radius 3 is 2.90 bits per heavy atom. The van der Waals surface area contributed by atoms with E-state index in [1.54, 1.807) is 0 Å². The highest BCUT2D eigenvalue weighted by molar-refractivity contribution is 5.51. The third-order valence-electron chi connectivity index (χ3n) is 3.20. The third kappa shape index (κ3) is 2.98. The van der Waals surface area contributed by atoms with E-state index in [4.69, 9.17) is 0 Å². The SMILES string of the molecule is CCN(CCNC(C)C)c1cc2n[nH]c(=O)n2c(C)n1. The van der Waals surface area contributed by atoms with Crippen LogP contribution in [0.1, 0.15) is 26.6 Å². The Labute approximate surface area is 118 Å². The number of anilines is 1. The van der Waals surface area contributed by atoms with Gasteiger partial charge < -0.3 is 10.2 Å². The van der Waals surface area contributed by atoms with Gasteiger partial charge in [-0.2, -0.15) is 5.10 Å². The molecule has 0 unspecified atom stereocenters. The Morgan fingerprint density at radius 1 is 1.50 bits per heavy atom. The van der Waals surface area contributed by atoms with Gasteiger partial charge >= 0.3 is 5.69 Å². The second-order valence-electron chi connectivity index (χ2n) is 5.07. The van der Waals surface area contributed by atoms with Crippen LogP contribution in [0.15, 0.2) is 10.9 Å². The van der Waals surface area contributed by atoms with Gasteiger partial charge in [0.05, 0.1) is 0 Å². The smallest absolute Gasteiger partial charge is 0.349 e. The average molecular weight is 278 g/mol. The highest BCUT2D eigenvalue weighted by Gasteiger charge is 2.11. The molecule has 0 saturated heterocycles. The molecule has 0 fully saturated rings. The summed E-state index contributed by atoms with van der Waals surface area (Å²) >= 11 is 0. The maximum Gasteiger partial charge on any atom is 0.349 e. The first-order valence-electron chi connectivity index (χ1n) is 6.96. The fourth-order valence-electron chi connectivity index (χ4n) is 2.17. The third-order valence-corrected chi connectivity index (χ3v) is 3.20. The number of hydrogen-bond donors (Lipinski definition) is 2. The molecule has 0 aliphatic heterocycles. The molecule has 2 heterocycles. The van der Waals surface area contributed by atoms with Gasteiger partial charge in [0.1, 0.15) is 11.6 Å². The average Bonchev–Trinajstić information content (AvgIpc) is 2.76. The summed E-state index contributed by atoms with van der Waals surface area (Å²) in [6.45, 7) is 10.8. The van der Waals surface area contributed by atoms with Crippen molar-refractivity contribution in [2.45, 2.75) is 33.7 Å². The van der Waals surface area contributed by atoms with Gasteiger partial charge in [0, 0.05) is 31.7 Å². The van der Waals surface area contributed by atoms with Crippen LogP contribution in [0.2, 0.25) is 0 Å². The molecule has 110 valence electrons. The number of nitrogens with one attached hydrogen (secondary N) is 2. The summed E-state index contributed by atoms with van der Waals surface area (Å²) in [5, 5.41) is 9.84. The molecule has 0 bridgehead atoms. The topological polar surface area (TPSA) is 78.3 Å². The molecule has 2 N–H and O–H groups in total. The molecule has 0 aliphatic rings. The normalized spacial score (nSPS) is 11.4. The predicted molar refractivity (Wildman–Crippen MR) is 79.4 cm³/mol. The van der Waals surface area contributed by atoms with Crippen LogP contribution in [0.5, 0.6) is 0 Å². The maximum absolute atomic E-state index is 11.6. The van der Waals surface area contributed by atoms with Crippen molar-refractivity contribution in [3.05, 3.63) is 22.4 Å². The molecule has 0 saturated carbocycles. The minimum absolute atomic E-state index is 0.249. The standard InChI is InChI=1S/C13H22N6O/c1-5-18(7-6-14-9(2)3)11-8-12-16-17-13(20)19(12)10(4)15-11/h8-9,14H,5-7H2,1-4H3,(H,17,20). The summed E-state index contributed by atoms with van der Waals surface area (Å²) in [7, 11) is 0. The number of fused-ring (bicyclic) bond motifs is 1. The zero-order chi connectivity index (χ0) is 14.7. The molecule has 0 radical (unpaired) electrons. The van der Waals surface area contributed by atoms with Crippen LogP contribution in [0.25, 0.3) is 5.65 Å². The van der Waals surface area contributed by atoms with Gasteiger partial charge in [0.15, 0.2) is 5.65 Å². The lowest BCUT2D eigenvalue weighted by Gasteiger charge is -2.23. The second-order valence-corrected chi connectivity index (χ2v) is 5.07. The van der Waals surface area contributed by atoms with Gasteiger partial charge in [0.2, 0.25) is 0 Å². The molecule has 20 heavy (non-hydrogen) atoms. The Kier molecular flexibility index (Phi) is 4.39. The van der Waals surface area contributed by atoms with E-state index in [1.807, 2.05) is 13.0 Å². The lowest BCUT2D eigenvalue weighted by atomic mass is 10.3. The van der Waals surface area contributed by atoms with Gasteiger partial charge in [0.25, 0.3) is 0 Å². The van der Waals surface area contributed by atoms with Gasteiger partial charge in [-0.25, -0.2) is 19.3 Å². The van der Waals surface area contributed by atoms with Crippen molar-refractivity contribution in [2.75, 3.05) is 24.5 Å². The fourth-order valence-corrected chi connectivity index (χ4v) is 2.17. The first-order chi connectivity index (χ1) is 9.52. The van der Waals surface area contributed by atoms with E-state index in [-0.39, 0.29) is 5.69 Å². The number of H-pyrrole nitrogens is 1. The summed E-state index contributed by atoms with van der Waals surface area (Å²) in [5.74, 6) is 1.49. The van der Waals surface area contributed by atoms with Crippen LogP contribution in [-0.4, -0.2) is 45.3 Å². The molecule has 2 aromatic heterocycles. The molecule has 7 heteroatoms. The van der Waals surface area contributed by atoms with Crippen molar-refractivity contribution in [1.82, 2.24) is 24.9 Å². The lowest BCUT2D eigenvalue weighted by molar-refractivity contribution is 0.582. The van der Waals surface area contributed by atoms with E-state index in [0.717, 1.165) is 25.5 Å². The number of nitrogens with zero attached hydrogens (tertiary/aromatic N) is 4. The first kappa shape index (κ1) is 14.5. The van der Waals surface area contributed by atoms with Crippen molar-refractivity contribution in [1.29, 1.82) is 0 Å². The van der Waals surface area contributed by atoms with Gasteiger partial charge in [-0.15, -0.1) is 0 Å². The van der Waals surface area contributed by atoms with Crippen LogP contribution < -0.4 is 15.9 Å². The summed E-state index contributed by atoms with van der Waals surface area (Å²) < 4.78 is 1.48. The number of aromatic nitrogens is 4. The van der Waals surface area contributed by atoms with Gasteiger partial charge in [-0.05, 0) is 13.8 Å². The summed E-state index contributed by atoms with van der Waals surface area (Å²) in [6, 6.07) is 2.31. The van der Waals surface area contributed by atoms with E-state index in [9.17, 15) is 4.79 Å². The zero-order valence-electron chi connectivity index (χ0n) is 12.5. The van der Waals surface area contributed by atoms with E-state index >= 15 is 0 Å². The van der Waals surface area contributed by atoms with E-state index in [0.29, 0.717) is 17.5 Å². The van der Waals surface area contributed by atoms with Crippen molar-refractivity contribution >= 4 is 11.5 Å². The van der Waals surface area contributed by atoms with E-state index < -0.39 is 0 Å². The second kappa shape index (κ2) is 6.04. The van der Waals surface area contributed by atoms with Crippen molar-refractivity contribution in [3.8, 4) is 0 Å². The minimum Gasteiger partial charge on any atom is -0.355 e. The molecular formula is C13H22N6O. The Balaban J connectivity index is 2.23. The van der Waals surface area contributed by atoms with E-state index in [2.05, 4.69) is 46.2 Å². The Bertz CT molecular complexity index is 629. The van der Waals surface area contributed by atoms with Crippen LogP contribution in [0, 0.1) is 6.92 Å². The highest BCUT2D eigenvalue weighted by Crippen LogP contribution is 2.13. The number of hydrogen-bond acceptors (Lipinski definition) is 5. The molecule has 0 spiro atoms. The highest BCUT2D eigenvalue weighted by atomic mass is 16.1. The Hall–Kier alpha value is -1.89. The quantitative estimate of drug-likeness (QED) is 0.807. The van der Waals surface area contributed by atoms with Gasteiger partial charge in [-0.1, -0.05) is 13.8 Å². The molecule has 0 amide bonds. The molecule has 7 nitrogen and oxygen atoms in total. The van der Waals surface area contributed by atoms with Crippen molar-refractivity contribution in [3.63, 3.8) is 0 Å². The number of aryl methyl sites for hydroxylation is 1. The molecule has 2 rings (SSSR count). The monoisotopic (exact) mass is 278 g/mol. The zero-order valence-corrected chi connectivity index (χ0v) is 12.5. The fraction of sp³-hybridized carbons (Fsp3) is 0.615. The van der Waals surface area contributed by atoms with Crippen LogP contribution in [-0.2, 0) is 0 Å². The van der Waals surface area contributed by atoms with Crippen molar-refractivity contribution in [2.24, 2.45) is 0 Å². The first-order valence-corrected chi connectivity index (χ1v) is 6.96. The molecule has 2 aromatic rings. The predicted octanol–water partition coefficient (Wildman–Crippen LogP) is 0.550. The summed E-state index contributed by atoms with van der Waals surface area (Å²) in [6.07, 6.45) is 0. The van der Waals surface area contributed by atoms with Gasteiger partial charge in [-0.3, -0.25) is 0 Å². The Morgan fingerprint density at radius 2 is 2.25 bits per heavy atom. The van der Waals surface area contributed by atoms with E-state index in [1.165, 1.54) is 4.40 Å². The molecular weight excluding hydrogens is 256 g/mol.